The lowest BCUT2D eigenvalue weighted by atomic mass is 9.88. The SMILES string of the molecule is C[C@]12C[C@]1(c1ccc(C(F)(F)F)cc1)C(=O)NC2=O. The topological polar surface area (TPSA) is 46.2 Å². The van der Waals surface area contributed by atoms with E-state index in [1.54, 1.807) is 6.92 Å². The molecule has 0 radical (unpaired) electrons. The van der Waals surface area contributed by atoms with Crippen LogP contribution in [0.3, 0.4) is 0 Å². The third kappa shape index (κ3) is 1.34. The number of carbonyl (C=O) groups is 2. The molecule has 3 nitrogen and oxygen atoms in total. The van der Waals surface area contributed by atoms with E-state index >= 15 is 0 Å². The number of amides is 2. The molecule has 19 heavy (non-hydrogen) atoms. The number of nitrogens with one attached hydrogen (secondary N) is 1. The molecule has 100 valence electrons. The minimum atomic E-state index is -4.41. The molecule has 1 heterocycles. The van der Waals surface area contributed by atoms with Crippen molar-refractivity contribution in [3.05, 3.63) is 35.4 Å². The highest BCUT2D eigenvalue weighted by Crippen LogP contribution is 2.67. The zero-order valence-electron chi connectivity index (χ0n) is 9.97. The molecule has 1 aromatic carbocycles. The summed E-state index contributed by atoms with van der Waals surface area (Å²) in [6.07, 6.45) is -4.05. The number of piperidine rings is 1. The number of alkyl halides is 3. The Morgan fingerprint density at radius 3 is 2.05 bits per heavy atom. The van der Waals surface area contributed by atoms with Crippen molar-refractivity contribution >= 4 is 11.8 Å². The molecule has 0 spiro atoms. The first-order valence-corrected chi connectivity index (χ1v) is 5.75. The molecule has 1 aromatic rings. The Balaban J connectivity index is 2.01. The first kappa shape index (κ1) is 12.2. The minimum absolute atomic E-state index is 0.350. The zero-order valence-corrected chi connectivity index (χ0v) is 9.97. The summed E-state index contributed by atoms with van der Waals surface area (Å²) in [6, 6.07) is 4.45. The van der Waals surface area contributed by atoms with Gasteiger partial charge in [-0.05, 0) is 31.0 Å². The molecule has 0 unspecified atom stereocenters. The molecule has 1 saturated carbocycles. The van der Waals surface area contributed by atoms with E-state index in [9.17, 15) is 22.8 Å². The van der Waals surface area contributed by atoms with Gasteiger partial charge in [-0.1, -0.05) is 12.1 Å². The van der Waals surface area contributed by atoms with E-state index in [0.717, 1.165) is 12.1 Å². The maximum atomic E-state index is 12.5. The lowest BCUT2D eigenvalue weighted by Gasteiger charge is -2.13. The average Bonchev–Trinajstić information content (AvgIpc) is 2.92. The van der Waals surface area contributed by atoms with E-state index in [4.69, 9.17) is 0 Å². The number of imide groups is 1. The summed E-state index contributed by atoms with van der Waals surface area (Å²) >= 11 is 0. The van der Waals surface area contributed by atoms with Gasteiger partial charge in [0.15, 0.2) is 0 Å². The summed E-state index contributed by atoms with van der Waals surface area (Å²) in [5.41, 5.74) is -2.09. The van der Waals surface area contributed by atoms with Gasteiger partial charge in [0, 0.05) is 0 Å². The third-order valence-corrected chi connectivity index (χ3v) is 4.26. The summed E-state index contributed by atoms with van der Waals surface area (Å²) in [4.78, 5) is 23.5. The molecule has 0 bridgehead atoms. The molecular formula is C13H10F3NO2. The monoisotopic (exact) mass is 269 g/mol. The fourth-order valence-electron chi connectivity index (χ4n) is 2.93. The van der Waals surface area contributed by atoms with E-state index < -0.39 is 28.5 Å². The van der Waals surface area contributed by atoms with Crippen LogP contribution in [0.4, 0.5) is 13.2 Å². The molecule has 3 rings (SSSR count). The molecule has 2 aliphatic rings. The van der Waals surface area contributed by atoms with Gasteiger partial charge in [0.05, 0.1) is 16.4 Å². The number of rotatable bonds is 1. The minimum Gasteiger partial charge on any atom is -0.295 e. The van der Waals surface area contributed by atoms with Gasteiger partial charge >= 0.3 is 6.18 Å². The van der Waals surface area contributed by atoms with Crippen molar-refractivity contribution in [1.82, 2.24) is 5.32 Å². The highest BCUT2D eigenvalue weighted by Gasteiger charge is 2.78. The fourth-order valence-corrected chi connectivity index (χ4v) is 2.93. The summed E-state index contributed by atoms with van der Waals surface area (Å²) in [5, 5.41) is 2.24. The number of hydrogen-bond acceptors (Lipinski definition) is 2. The van der Waals surface area contributed by atoms with Crippen LogP contribution in [0.25, 0.3) is 0 Å². The Bertz CT molecular complexity index is 593. The molecule has 1 aliphatic carbocycles. The van der Waals surface area contributed by atoms with Gasteiger partial charge in [-0.25, -0.2) is 0 Å². The van der Waals surface area contributed by atoms with Gasteiger partial charge in [-0.2, -0.15) is 13.2 Å². The summed E-state index contributed by atoms with van der Waals surface area (Å²) < 4.78 is 37.5. The highest BCUT2D eigenvalue weighted by molar-refractivity contribution is 6.17. The van der Waals surface area contributed by atoms with Crippen LogP contribution in [0.2, 0.25) is 0 Å². The zero-order chi connectivity index (χ0) is 14.1. The first-order chi connectivity index (χ1) is 8.72. The van der Waals surface area contributed by atoms with Crippen LogP contribution < -0.4 is 5.32 Å². The van der Waals surface area contributed by atoms with Crippen molar-refractivity contribution < 1.29 is 22.8 Å². The Labute approximate surface area is 106 Å². The summed E-state index contributed by atoms with van der Waals surface area (Å²) in [6.45, 7) is 1.66. The number of halogens is 3. The van der Waals surface area contributed by atoms with Crippen LogP contribution in [0.5, 0.6) is 0 Å². The van der Waals surface area contributed by atoms with Crippen molar-refractivity contribution in [3.63, 3.8) is 0 Å². The van der Waals surface area contributed by atoms with Crippen molar-refractivity contribution in [2.75, 3.05) is 0 Å². The van der Waals surface area contributed by atoms with Crippen molar-refractivity contribution in [1.29, 1.82) is 0 Å². The van der Waals surface area contributed by atoms with E-state index in [0.29, 0.717) is 12.0 Å². The maximum absolute atomic E-state index is 12.5. The predicted molar refractivity (Wildman–Crippen MR) is 59.0 cm³/mol. The highest BCUT2D eigenvalue weighted by atomic mass is 19.4. The molecule has 0 aromatic heterocycles. The summed E-state index contributed by atoms with van der Waals surface area (Å²) in [7, 11) is 0. The molecule has 2 amide bonds. The fraction of sp³-hybridized carbons (Fsp3) is 0.385. The lowest BCUT2D eigenvalue weighted by Crippen LogP contribution is -2.30. The second-order valence-electron chi connectivity index (χ2n) is 5.27. The van der Waals surface area contributed by atoms with Gasteiger partial charge in [-0.3, -0.25) is 14.9 Å². The molecule has 2 atom stereocenters. The van der Waals surface area contributed by atoms with Crippen LogP contribution in [0.15, 0.2) is 24.3 Å². The van der Waals surface area contributed by atoms with Gasteiger partial charge < -0.3 is 0 Å². The van der Waals surface area contributed by atoms with Gasteiger partial charge in [-0.15, -0.1) is 0 Å². The normalized spacial score (nSPS) is 33.1. The standard InChI is InChI=1S/C13H10F3NO2/c1-11-6-12(11,10(19)17-9(11)18)7-2-4-8(5-3-7)13(14,15)16/h2-5H,6H2,1H3,(H,17,18,19)/t11-,12+/m1/s1. The second kappa shape index (κ2) is 3.18. The molecular weight excluding hydrogens is 259 g/mol. The van der Waals surface area contributed by atoms with Crippen LogP contribution in [-0.2, 0) is 21.2 Å². The van der Waals surface area contributed by atoms with Crippen LogP contribution in [0, 0.1) is 5.41 Å². The largest absolute Gasteiger partial charge is 0.416 e. The van der Waals surface area contributed by atoms with Crippen molar-refractivity contribution in [2.24, 2.45) is 5.41 Å². The van der Waals surface area contributed by atoms with Gasteiger partial charge in [0.2, 0.25) is 11.8 Å². The number of hydrogen-bond donors (Lipinski definition) is 1. The first-order valence-electron chi connectivity index (χ1n) is 5.75. The molecule has 1 aliphatic heterocycles. The van der Waals surface area contributed by atoms with E-state index in [-0.39, 0.29) is 5.91 Å². The lowest BCUT2D eigenvalue weighted by molar-refractivity contribution is -0.137. The summed E-state index contributed by atoms with van der Waals surface area (Å²) in [5.74, 6) is -0.767. The van der Waals surface area contributed by atoms with Crippen LogP contribution >= 0.6 is 0 Å². The smallest absolute Gasteiger partial charge is 0.295 e. The number of benzene rings is 1. The Morgan fingerprint density at radius 1 is 1.11 bits per heavy atom. The molecule has 1 N–H and O–H groups in total. The van der Waals surface area contributed by atoms with Crippen LogP contribution in [-0.4, -0.2) is 11.8 Å². The average molecular weight is 269 g/mol. The number of carbonyl (C=O) groups excluding carboxylic acids is 2. The van der Waals surface area contributed by atoms with Gasteiger partial charge in [0.1, 0.15) is 0 Å². The second-order valence-corrected chi connectivity index (χ2v) is 5.27. The van der Waals surface area contributed by atoms with E-state index in [1.807, 2.05) is 0 Å². The van der Waals surface area contributed by atoms with Crippen LogP contribution in [0.1, 0.15) is 24.5 Å². The Kier molecular flexibility index (Phi) is 2.04. The quantitative estimate of drug-likeness (QED) is 0.793. The third-order valence-electron chi connectivity index (χ3n) is 4.26. The molecule has 6 heteroatoms. The molecule has 1 saturated heterocycles. The predicted octanol–water partition coefficient (Wildman–Crippen LogP) is 2.01. The number of fused-ring (bicyclic) bond motifs is 1. The van der Waals surface area contributed by atoms with E-state index in [2.05, 4.69) is 5.32 Å². The maximum Gasteiger partial charge on any atom is 0.416 e. The Morgan fingerprint density at radius 2 is 1.68 bits per heavy atom. The van der Waals surface area contributed by atoms with Gasteiger partial charge in [0.25, 0.3) is 0 Å². The van der Waals surface area contributed by atoms with Crippen molar-refractivity contribution in [2.45, 2.75) is 24.9 Å². The molecule has 2 fully saturated rings. The Hall–Kier alpha value is -1.85. The van der Waals surface area contributed by atoms with E-state index in [1.165, 1.54) is 12.1 Å². The van der Waals surface area contributed by atoms with Crippen molar-refractivity contribution in [3.8, 4) is 0 Å².